The number of hydrazone groups is 1. The molecule has 0 aliphatic rings. The maximum absolute atomic E-state index is 12.2. The van der Waals surface area contributed by atoms with Crippen LogP contribution in [0.3, 0.4) is 0 Å². The normalized spacial score (nSPS) is 10.6. The lowest BCUT2D eigenvalue weighted by Crippen LogP contribution is -2.34. The number of hydrogen-bond acceptors (Lipinski definition) is 5. The molecular weight excluding hydrogens is 465 g/mol. The summed E-state index contributed by atoms with van der Waals surface area (Å²) in [5.74, 6) is -1.05. The van der Waals surface area contributed by atoms with Gasteiger partial charge in [-0.1, -0.05) is 40.9 Å². The van der Waals surface area contributed by atoms with E-state index in [0.29, 0.717) is 21.9 Å². The number of carbonyl (C=O) groups excluding carboxylic acids is 3. The molecule has 0 saturated heterocycles. The number of esters is 1. The van der Waals surface area contributed by atoms with E-state index in [1.807, 2.05) is 19.1 Å². The Balaban J connectivity index is 1.45. The fraction of sp³-hybridized carbons (Fsp3) is 0.0833. The van der Waals surface area contributed by atoms with Gasteiger partial charge in [-0.2, -0.15) is 5.10 Å². The highest BCUT2D eigenvalue weighted by atomic mass is 35.5. The Morgan fingerprint density at radius 2 is 1.58 bits per heavy atom. The number of ether oxygens (including phenoxy) is 1. The maximum atomic E-state index is 12.2. The second kappa shape index (κ2) is 11.3. The fourth-order valence-corrected chi connectivity index (χ4v) is 2.89. The minimum absolute atomic E-state index is 0.245. The fourth-order valence-electron chi connectivity index (χ4n) is 2.60. The topological polar surface area (TPSA) is 96.9 Å². The van der Waals surface area contributed by atoms with Gasteiger partial charge in [0.1, 0.15) is 5.75 Å². The SMILES string of the molecule is Cc1ccc(C(=O)Oc2ccc(/C=N\NC(=O)CNC(=O)c3ccc(Cl)c(Cl)c3)cc2)cc1. The number of hydrogen-bond donors (Lipinski definition) is 2. The zero-order valence-electron chi connectivity index (χ0n) is 17.5. The molecule has 0 fully saturated rings. The van der Waals surface area contributed by atoms with E-state index in [4.69, 9.17) is 27.9 Å². The maximum Gasteiger partial charge on any atom is 0.343 e. The summed E-state index contributed by atoms with van der Waals surface area (Å²) in [7, 11) is 0. The Bertz CT molecular complexity index is 1190. The van der Waals surface area contributed by atoms with Crippen molar-refractivity contribution >= 4 is 47.2 Å². The van der Waals surface area contributed by atoms with Crippen molar-refractivity contribution in [2.75, 3.05) is 6.54 Å². The molecule has 2 N–H and O–H groups in total. The van der Waals surface area contributed by atoms with E-state index in [1.54, 1.807) is 36.4 Å². The first-order valence-corrected chi connectivity index (χ1v) is 10.5. The predicted octanol–water partition coefficient (Wildman–Crippen LogP) is 4.40. The average Bonchev–Trinajstić information content (AvgIpc) is 2.81. The molecule has 0 unspecified atom stereocenters. The van der Waals surface area contributed by atoms with E-state index in [9.17, 15) is 14.4 Å². The summed E-state index contributed by atoms with van der Waals surface area (Å²) in [5, 5.41) is 6.88. The van der Waals surface area contributed by atoms with Crippen LogP contribution in [0.1, 0.15) is 31.8 Å². The van der Waals surface area contributed by atoms with E-state index in [0.717, 1.165) is 5.56 Å². The number of rotatable bonds is 7. The van der Waals surface area contributed by atoms with Gasteiger partial charge in [0.15, 0.2) is 0 Å². The van der Waals surface area contributed by atoms with Crippen LogP contribution in [0.15, 0.2) is 71.8 Å². The Morgan fingerprint density at radius 1 is 0.909 bits per heavy atom. The van der Waals surface area contributed by atoms with Gasteiger partial charge < -0.3 is 10.1 Å². The number of halogens is 2. The first-order valence-electron chi connectivity index (χ1n) is 9.76. The highest BCUT2D eigenvalue weighted by molar-refractivity contribution is 6.42. The molecule has 0 aliphatic heterocycles. The van der Waals surface area contributed by atoms with E-state index >= 15 is 0 Å². The van der Waals surface area contributed by atoms with Crippen molar-refractivity contribution in [2.45, 2.75) is 6.92 Å². The van der Waals surface area contributed by atoms with Gasteiger partial charge in [-0.25, -0.2) is 10.2 Å². The number of aryl methyl sites for hydroxylation is 1. The van der Waals surface area contributed by atoms with Crippen LogP contribution in [0, 0.1) is 6.92 Å². The summed E-state index contributed by atoms with van der Waals surface area (Å²) in [6.45, 7) is 1.66. The van der Waals surface area contributed by atoms with Crippen molar-refractivity contribution in [1.82, 2.24) is 10.7 Å². The molecule has 9 heteroatoms. The highest BCUT2D eigenvalue weighted by Crippen LogP contribution is 2.22. The van der Waals surface area contributed by atoms with Crippen molar-refractivity contribution in [3.05, 3.63) is 99.0 Å². The van der Waals surface area contributed by atoms with Gasteiger partial charge in [0, 0.05) is 5.56 Å². The first kappa shape index (κ1) is 24.0. The summed E-state index contributed by atoms with van der Waals surface area (Å²) in [6, 6.07) is 18.1. The van der Waals surface area contributed by atoms with E-state index in [-0.39, 0.29) is 17.1 Å². The molecule has 0 atom stereocenters. The molecule has 0 aromatic heterocycles. The van der Waals surface area contributed by atoms with Crippen molar-refractivity contribution in [2.24, 2.45) is 5.10 Å². The van der Waals surface area contributed by atoms with Gasteiger partial charge in [-0.15, -0.1) is 0 Å². The Labute approximate surface area is 200 Å². The smallest absolute Gasteiger partial charge is 0.343 e. The number of nitrogens with one attached hydrogen (secondary N) is 2. The Morgan fingerprint density at radius 3 is 2.24 bits per heavy atom. The van der Waals surface area contributed by atoms with Gasteiger partial charge in [-0.3, -0.25) is 9.59 Å². The second-order valence-electron chi connectivity index (χ2n) is 6.93. The summed E-state index contributed by atoms with van der Waals surface area (Å²) in [6.07, 6.45) is 1.42. The van der Waals surface area contributed by atoms with Gasteiger partial charge in [0.25, 0.3) is 11.8 Å². The monoisotopic (exact) mass is 483 g/mol. The Hall–Kier alpha value is -3.68. The quantitative estimate of drug-likeness (QED) is 0.225. The molecule has 3 aromatic rings. The van der Waals surface area contributed by atoms with Gasteiger partial charge in [-0.05, 0) is 67.1 Å². The summed E-state index contributed by atoms with van der Waals surface area (Å²) >= 11 is 11.7. The second-order valence-corrected chi connectivity index (χ2v) is 7.74. The third-order valence-corrected chi connectivity index (χ3v) is 5.11. The number of nitrogens with zero attached hydrogens (tertiary/aromatic N) is 1. The average molecular weight is 484 g/mol. The number of benzene rings is 3. The van der Waals surface area contributed by atoms with Crippen molar-refractivity contribution in [3.8, 4) is 5.75 Å². The van der Waals surface area contributed by atoms with Crippen molar-refractivity contribution < 1.29 is 19.1 Å². The van der Waals surface area contributed by atoms with Crippen LogP contribution < -0.4 is 15.5 Å². The molecule has 0 spiro atoms. The van der Waals surface area contributed by atoms with E-state index < -0.39 is 17.8 Å². The molecule has 7 nitrogen and oxygen atoms in total. The van der Waals surface area contributed by atoms with Crippen LogP contribution in [0.25, 0.3) is 0 Å². The number of amides is 2. The Kier molecular flexibility index (Phi) is 8.18. The van der Waals surface area contributed by atoms with Gasteiger partial charge in [0.2, 0.25) is 0 Å². The minimum Gasteiger partial charge on any atom is -0.423 e. The zero-order valence-corrected chi connectivity index (χ0v) is 19.0. The first-order chi connectivity index (χ1) is 15.8. The molecule has 0 radical (unpaired) electrons. The molecule has 0 saturated carbocycles. The van der Waals surface area contributed by atoms with Crippen LogP contribution in [0.4, 0.5) is 0 Å². The molecule has 0 bridgehead atoms. The van der Waals surface area contributed by atoms with Gasteiger partial charge >= 0.3 is 5.97 Å². The molecule has 33 heavy (non-hydrogen) atoms. The third kappa shape index (κ3) is 7.17. The molecule has 0 heterocycles. The molecular formula is C24H19Cl2N3O4. The van der Waals surface area contributed by atoms with Crippen LogP contribution in [0.2, 0.25) is 10.0 Å². The minimum atomic E-state index is -0.511. The van der Waals surface area contributed by atoms with Crippen molar-refractivity contribution in [1.29, 1.82) is 0 Å². The standard InChI is InChI=1S/C24H19Cl2N3O4/c1-15-2-6-17(7-3-15)24(32)33-19-9-4-16(5-10-19)13-28-29-22(30)14-27-23(31)18-8-11-20(25)21(26)12-18/h2-13H,14H2,1H3,(H,27,31)(H,29,30)/b28-13-. The van der Waals surface area contributed by atoms with Crippen LogP contribution in [-0.4, -0.2) is 30.5 Å². The lowest BCUT2D eigenvalue weighted by Gasteiger charge is -2.06. The molecule has 0 aliphatic carbocycles. The lowest BCUT2D eigenvalue weighted by molar-refractivity contribution is -0.120. The van der Waals surface area contributed by atoms with Crippen LogP contribution in [0.5, 0.6) is 5.75 Å². The van der Waals surface area contributed by atoms with Crippen LogP contribution in [-0.2, 0) is 4.79 Å². The zero-order chi connectivity index (χ0) is 23.8. The summed E-state index contributed by atoms with van der Waals surface area (Å²) < 4.78 is 5.33. The third-order valence-electron chi connectivity index (χ3n) is 4.37. The summed E-state index contributed by atoms with van der Waals surface area (Å²) in [5.41, 5.74) is 4.78. The van der Waals surface area contributed by atoms with E-state index in [1.165, 1.54) is 24.4 Å². The number of carbonyl (C=O) groups is 3. The van der Waals surface area contributed by atoms with Crippen molar-refractivity contribution in [3.63, 3.8) is 0 Å². The van der Waals surface area contributed by atoms with Crippen LogP contribution >= 0.6 is 23.2 Å². The predicted molar refractivity (Wildman–Crippen MR) is 127 cm³/mol. The molecule has 2 amide bonds. The molecule has 168 valence electrons. The largest absolute Gasteiger partial charge is 0.423 e. The highest BCUT2D eigenvalue weighted by Gasteiger charge is 2.10. The van der Waals surface area contributed by atoms with E-state index in [2.05, 4.69) is 15.8 Å². The summed E-state index contributed by atoms with van der Waals surface area (Å²) in [4.78, 5) is 36.1. The van der Waals surface area contributed by atoms with Gasteiger partial charge in [0.05, 0.1) is 28.4 Å². The molecule has 3 rings (SSSR count). The lowest BCUT2D eigenvalue weighted by atomic mass is 10.1. The molecule has 3 aromatic carbocycles.